The molecule has 0 saturated carbocycles. The van der Waals surface area contributed by atoms with Gasteiger partial charge in [-0.15, -0.1) is 4.55 Å². The first-order valence-corrected chi connectivity index (χ1v) is 3.10. The maximum atomic E-state index is 9.18. The zero-order chi connectivity index (χ0) is 4.50. The fraction of sp³-hybridized carbons (Fsp3) is 0. The summed E-state index contributed by atoms with van der Waals surface area (Å²) in [4.78, 5) is 0. The van der Waals surface area contributed by atoms with Crippen molar-refractivity contribution in [1.29, 1.82) is 0 Å². The van der Waals surface area contributed by atoms with E-state index in [0.717, 1.165) is 0 Å². The lowest BCUT2D eigenvalue weighted by Crippen LogP contribution is -1.73. The monoisotopic (exact) mass is 112 g/mol. The molecule has 1 unspecified atom stereocenters. The molecule has 0 aromatic carbocycles. The molecule has 0 aliphatic carbocycles. The van der Waals surface area contributed by atoms with Gasteiger partial charge in [0, 0.05) is 16.6 Å². The van der Waals surface area contributed by atoms with Crippen molar-refractivity contribution in [2.75, 3.05) is 0 Å². The van der Waals surface area contributed by atoms with Gasteiger partial charge in [-0.3, -0.25) is 0 Å². The molecule has 30 valence electrons. The molecule has 0 amide bonds. The molecule has 0 rings (SSSR count). The highest BCUT2D eigenvalue weighted by molar-refractivity contribution is 8.16. The molecule has 4 heteroatoms. The van der Waals surface area contributed by atoms with E-state index in [1.54, 1.807) is 0 Å². The van der Waals surface area contributed by atoms with Gasteiger partial charge in [0.15, 0.2) is 9.02 Å². The molecule has 0 aromatic heterocycles. The molecule has 0 aliphatic heterocycles. The summed E-state index contributed by atoms with van der Waals surface area (Å²) in [6.45, 7) is 0. The van der Waals surface area contributed by atoms with Crippen LogP contribution >= 0.6 is 10.7 Å². The highest BCUT2D eigenvalue weighted by Crippen LogP contribution is 1.84. The lowest BCUT2D eigenvalue weighted by Gasteiger charge is -1.67. The Balaban J connectivity index is 4.06. The first-order chi connectivity index (χ1) is 2.00. The summed E-state index contributed by atoms with van der Waals surface area (Å²) >= 11 is 0. The Morgan fingerprint density at radius 1 is 1.80 bits per heavy atom. The molecule has 1 atom stereocenters. The van der Waals surface area contributed by atoms with Crippen molar-refractivity contribution in [3.8, 4) is 0 Å². The van der Waals surface area contributed by atoms with Gasteiger partial charge in [-0.2, -0.15) is 0 Å². The van der Waals surface area contributed by atoms with Crippen molar-refractivity contribution >= 4 is 25.6 Å². The normalized spacial score (nSPS) is 21.2. The Hall–Kier alpha value is 0.270. The Morgan fingerprint density at radius 2 is 1.80 bits per heavy atom. The Morgan fingerprint density at radius 3 is 1.80 bits per heavy atom. The SMILES string of the molecule is [CH]=S([O])(=O)Cl. The van der Waals surface area contributed by atoms with Gasteiger partial charge in [-0.25, -0.2) is 4.21 Å². The molecule has 5 heavy (non-hydrogen) atoms. The van der Waals surface area contributed by atoms with Gasteiger partial charge in [0.1, 0.15) is 0 Å². The summed E-state index contributed by atoms with van der Waals surface area (Å²) < 4.78 is 18.4. The van der Waals surface area contributed by atoms with Gasteiger partial charge < -0.3 is 0 Å². The highest BCUT2D eigenvalue weighted by Gasteiger charge is 1.81. The Bertz CT molecular complexity index is 92.8. The van der Waals surface area contributed by atoms with Crippen LogP contribution in [-0.4, -0.2) is 10.1 Å². The summed E-state index contributed by atoms with van der Waals surface area (Å²) in [5.74, 6) is 4.09. The van der Waals surface area contributed by atoms with Crippen molar-refractivity contribution in [2.45, 2.75) is 0 Å². The van der Waals surface area contributed by atoms with E-state index in [0.29, 0.717) is 0 Å². The van der Waals surface area contributed by atoms with Gasteiger partial charge in [0.25, 0.3) is 0 Å². The predicted molar refractivity (Wildman–Crippen MR) is 20.7 cm³/mol. The van der Waals surface area contributed by atoms with Crippen molar-refractivity contribution in [2.24, 2.45) is 0 Å². The van der Waals surface area contributed by atoms with Crippen LogP contribution in [0.25, 0.3) is 0 Å². The number of hydrogen-bond acceptors (Lipinski definition) is 1. The van der Waals surface area contributed by atoms with Crippen LogP contribution in [0.15, 0.2) is 0 Å². The summed E-state index contributed by atoms with van der Waals surface area (Å²) in [5.41, 5.74) is 0. The summed E-state index contributed by atoms with van der Waals surface area (Å²) in [6.07, 6.45) is 0. The Kier molecular flexibility index (Phi) is 1.22. The Labute approximate surface area is 35.1 Å². The maximum absolute atomic E-state index is 9.18. The van der Waals surface area contributed by atoms with Crippen LogP contribution in [-0.2, 0) is 13.6 Å². The molecule has 0 N–H and O–H groups in total. The van der Waals surface area contributed by atoms with Gasteiger partial charge >= 0.3 is 0 Å². The second-order valence-electron chi connectivity index (χ2n) is 0.476. The molecule has 0 aromatic rings. The third-order valence-electron chi connectivity index (χ3n) is 0. The summed E-state index contributed by atoms with van der Waals surface area (Å²) in [6, 6.07) is 0. The molecule has 2 radical (unpaired) electrons. The van der Waals surface area contributed by atoms with E-state index in [1.807, 2.05) is 0 Å². The van der Waals surface area contributed by atoms with Gasteiger partial charge in [0.2, 0.25) is 0 Å². The summed E-state index contributed by atoms with van der Waals surface area (Å²) in [5, 5.41) is 0. The van der Waals surface area contributed by atoms with Gasteiger partial charge in [-0.05, 0) is 0 Å². The predicted octanol–water partition coefficient (Wildman–Crippen LogP) is 0.0791. The molecule has 0 aliphatic rings. The fourth-order valence-electron chi connectivity index (χ4n) is 0. The maximum Gasteiger partial charge on any atom is 0.200 e. The second-order valence-corrected chi connectivity index (χ2v) is 2.72. The fourth-order valence-corrected chi connectivity index (χ4v) is 0. The number of rotatable bonds is 0. The molecule has 0 bridgehead atoms. The van der Waals surface area contributed by atoms with Crippen LogP contribution in [0, 0.1) is 0 Å². The smallest absolute Gasteiger partial charge is 0.200 e. The van der Waals surface area contributed by atoms with E-state index < -0.39 is 9.02 Å². The largest absolute Gasteiger partial charge is 0.221 e. The van der Waals surface area contributed by atoms with Crippen LogP contribution in [0.2, 0.25) is 0 Å². The lowest BCUT2D eigenvalue weighted by molar-refractivity contribution is 0.483. The first kappa shape index (κ1) is 5.27. The third kappa shape index (κ3) is 302. The van der Waals surface area contributed by atoms with E-state index in [4.69, 9.17) is 0 Å². The third-order valence-corrected chi connectivity index (χ3v) is 0. The van der Waals surface area contributed by atoms with E-state index in [9.17, 15) is 8.76 Å². The quantitative estimate of drug-likeness (QED) is 0.323. The average molecular weight is 113 g/mol. The van der Waals surface area contributed by atoms with Gasteiger partial charge in [0.05, 0.1) is 0 Å². The van der Waals surface area contributed by atoms with Gasteiger partial charge in [-0.1, -0.05) is 0 Å². The van der Waals surface area contributed by atoms with E-state index in [1.165, 1.54) is 0 Å². The second kappa shape index (κ2) is 1.16. The van der Waals surface area contributed by atoms with Crippen LogP contribution in [0.3, 0.4) is 0 Å². The summed E-state index contributed by atoms with van der Waals surface area (Å²) in [7, 11) is 0.586. The number of hydrogen-bond donors (Lipinski definition) is 0. The van der Waals surface area contributed by atoms with E-state index in [-0.39, 0.29) is 0 Å². The molecule has 0 spiro atoms. The minimum absolute atomic E-state index is 3.69. The minimum atomic E-state index is -3.69. The van der Waals surface area contributed by atoms with Crippen LogP contribution in [0.4, 0.5) is 0 Å². The van der Waals surface area contributed by atoms with Crippen LogP contribution in [0.5, 0.6) is 0 Å². The minimum Gasteiger partial charge on any atom is -0.221 e. The zero-order valence-corrected chi connectivity index (χ0v) is 3.75. The topological polar surface area (TPSA) is 37.0 Å². The van der Waals surface area contributed by atoms with Crippen molar-refractivity contribution in [1.82, 2.24) is 0 Å². The van der Waals surface area contributed by atoms with E-state index in [2.05, 4.69) is 16.6 Å². The van der Waals surface area contributed by atoms with E-state index >= 15 is 0 Å². The van der Waals surface area contributed by atoms with Crippen molar-refractivity contribution < 1.29 is 8.76 Å². The molecular formula is CHClO2S. The van der Waals surface area contributed by atoms with Crippen LogP contribution < -0.4 is 0 Å². The molecular weight excluding hydrogens is 112 g/mol. The van der Waals surface area contributed by atoms with Crippen molar-refractivity contribution in [3.05, 3.63) is 0 Å². The molecule has 2 nitrogen and oxygen atoms in total. The zero-order valence-electron chi connectivity index (χ0n) is 2.18. The molecule has 0 fully saturated rings. The van der Waals surface area contributed by atoms with Crippen LogP contribution in [0.1, 0.15) is 0 Å². The number of halogens is 1. The molecule has 0 heterocycles. The standard InChI is InChI=1S/CHClO2S/c1-5(2,3)4/h1H. The average Bonchev–Trinajstić information content (AvgIpc) is 0.722. The highest BCUT2D eigenvalue weighted by atomic mass is 35.7. The molecule has 0 saturated heterocycles. The first-order valence-electron chi connectivity index (χ1n) is 0.723. The van der Waals surface area contributed by atoms with Crippen molar-refractivity contribution in [3.63, 3.8) is 0 Å². The lowest BCUT2D eigenvalue weighted by atomic mass is 12.0.